The minimum atomic E-state index is 0.897. The molecule has 1 aliphatic heterocycles. The molecule has 27 heavy (non-hydrogen) atoms. The van der Waals surface area contributed by atoms with Gasteiger partial charge in [0.05, 0.1) is 16.6 Å². The molecular formula is C21H20N6. The van der Waals surface area contributed by atoms with Crippen molar-refractivity contribution in [1.29, 1.82) is 0 Å². The predicted molar refractivity (Wildman–Crippen MR) is 107 cm³/mol. The molecule has 6 nitrogen and oxygen atoms in total. The van der Waals surface area contributed by atoms with Gasteiger partial charge < -0.3 is 4.90 Å². The van der Waals surface area contributed by atoms with E-state index in [1.54, 1.807) is 18.7 Å². The summed E-state index contributed by atoms with van der Waals surface area (Å²) in [4.78, 5) is 22.7. The van der Waals surface area contributed by atoms with Crippen LogP contribution in [0.4, 0.5) is 5.82 Å². The minimum Gasteiger partial charge on any atom is -0.353 e. The first-order valence-electron chi connectivity index (χ1n) is 9.24. The molecule has 1 aliphatic rings. The number of benzene rings is 2. The molecule has 5 rings (SSSR count). The van der Waals surface area contributed by atoms with Crippen LogP contribution in [-0.4, -0.2) is 51.0 Å². The van der Waals surface area contributed by atoms with Crippen LogP contribution in [0.15, 0.2) is 61.2 Å². The fourth-order valence-corrected chi connectivity index (χ4v) is 3.78. The van der Waals surface area contributed by atoms with E-state index in [0.29, 0.717) is 0 Å². The number of rotatable bonds is 3. The second-order valence-electron chi connectivity index (χ2n) is 6.82. The van der Waals surface area contributed by atoms with Gasteiger partial charge in [-0.1, -0.05) is 24.3 Å². The number of fused-ring (bicyclic) bond motifs is 2. The summed E-state index contributed by atoms with van der Waals surface area (Å²) in [6, 6.07) is 14.4. The third-order valence-electron chi connectivity index (χ3n) is 5.17. The molecule has 0 spiro atoms. The largest absolute Gasteiger partial charge is 0.353 e. The Morgan fingerprint density at radius 1 is 0.741 bits per heavy atom. The number of hydrogen-bond acceptors (Lipinski definition) is 6. The first kappa shape index (κ1) is 16.1. The van der Waals surface area contributed by atoms with Crippen LogP contribution in [0.5, 0.6) is 0 Å². The van der Waals surface area contributed by atoms with Crippen molar-refractivity contribution in [2.24, 2.45) is 0 Å². The molecule has 0 N–H and O–H groups in total. The van der Waals surface area contributed by atoms with Crippen LogP contribution in [0.3, 0.4) is 0 Å². The quantitative estimate of drug-likeness (QED) is 0.563. The first-order valence-corrected chi connectivity index (χ1v) is 9.24. The lowest BCUT2D eigenvalue weighted by Crippen LogP contribution is -2.46. The zero-order chi connectivity index (χ0) is 18.1. The highest BCUT2D eigenvalue weighted by Gasteiger charge is 2.20. The van der Waals surface area contributed by atoms with E-state index in [2.05, 4.69) is 47.9 Å². The van der Waals surface area contributed by atoms with Crippen LogP contribution in [0.1, 0.15) is 5.56 Å². The Kier molecular flexibility index (Phi) is 4.10. The van der Waals surface area contributed by atoms with Crippen molar-refractivity contribution < 1.29 is 0 Å². The molecule has 0 aliphatic carbocycles. The summed E-state index contributed by atoms with van der Waals surface area (Å²) in [6.07, 6.45) is 5.18. The van der Waals surface area contributed by atoms with E-state index in [1.165, 1.54) is 5.56 Å². The molecule has 0 atom stereocenters. The molecule has 2 aromatic heterocycles. The van der Waals surface area contributed by atoms with E-state index in [9.17, 15) is 0 Å². The molecule has 0 saturated carbocycles. The van der Waals surface area contributed by atoms with Crippen molar-refractivity contribution in [3.05, 3.63) is 66.7 Å². The number of para-hydroxylation sites is 2. The van der Waals surface area contributed by atoms with E-state index < -0.39 is 0 Å². The molecule has 4 aromatic rings. The van der Waals surface area contributed by atoms with Gasteiger partial charge >= 0.3 is 0 Å². The Morgan fingerprint density at radius 2 is 1.56 bits per heavy atom. The maximum Gasteiger partial charge on any atom is 0.139 e. The predicted octanol–water partition coefficient (Wildman–Crippen LogP) is 2.90. The molecule has 6 heteroatoms. The van der Waals surface area contributed by atoms with E-state index in [0.717, 1.165) is 60.5 Å². The van der Waals surface area contributed by atoms with Gasteiger partial charge in [0.25, 0.3) is 0 Å². The van der Waals surface area contributed by atoms with Gasteiger partial charge in [-0.2, -0.15) is 0 Å². The van der Waals surface area contributed by atoms with Crippen LogP contribution < -0.4 is 4.90 Å². The topological polar surface area (TPSA) is 58.0 Å². The number of anilines is 1. The van der Waals surface area contributed by atoms with Crippen molar-refractivity contribution in [2.45, 2.75) is 6.54 Å². The van der Waals surface area contributed by atoms with E-state index in [4.69, 9.17) is 0 Å². The molecule has 2 aromatic carbocycles. The SMILES string of the molecule is c1ccc2c(N3CCN(Cc4cccc5nccnc45)CC3)ncnc2c1. The monoisotopic (exact) mass is 356 g/mol. The van der Waals surface area contributed by atoms with Crippen LogP contribution in [0.25, 0.3) is 21.9 Å². The summed E-state index contributed by atoms with van der Waals surface area (Å²) in [6.45, 7) is 4.80. The van der Waals surface area contributed by atoms with Gasteiger partial charge in [-0.05, 0) is 23.8 Å². The van der Waals surface area contributed by atoms with Gasteiger partial charge in [0.1, 0.15) is 12.1 Å². The fraction of sp³-hybridized carbons (Fsp3) is 0.238. The zero-order valence-corrected chi connectivity index (χ0v) is 15.0. The summed E-state index contributed by atoms with van der Waals surface area (Å²) in [7, 11) is 0. The van der Waals surface area contributed by atoms with Gasteiger partial charge in [0.15, 0.2) is 0 Å². The molecular weight excluding hydrogens is 336 g/mol. The van der Waals surface area contributed by atoms with E-state index >= 15 is 0 Å². The highest BCUT2D eigenvalue weighted by molar-refractivity contribution is 5.89. The average molecular weight is 356 g/mol. The lowest BCUT2D eigenvalue weighted by atomic mass is 10.1. The summed E-state index contributed by atoms with van der Waals surface area (Å²) >= 11 is 0. The average Bonchev–Trinajstić information content (AvgIpc) is 2.74. The maximum absolute atomic E-state index is 4.56. The van der Waals surface area contributed by atoms with Gasteiger partial charge in [0.2, 0.25) is 0 Å². The smallest absolute Gasteiger partial charge is 0.139 e. The third-order valence-corrected chi connectivity index (χ3v) is 5.17. The van der Waals surface area contributed by atoms with E-state index in [-0.39, 0.29) is 0 Å². The molecule has 0 amide bonds. The zero-order valence-electron chi connectivity index (χ0n) is 15.0. The maximum atomic E-state index is 4.56. The molecule has 3 heterocycles. The summed E-state index contributed by atoms with van der Waals surface area (Å²) in [5, 5.41) is 1.12. The molecule has 0 radical (unpaired) electrons. The molecule has 0 unspecified atom stereocenters. The highest BCUT2D eigenvalue weighted by atomic mass is 15.3. The van der Waals surface area contributed by atoms with Crippen LogP contribution in [0.2, 0.25) is 0 Å². The third kappa shape index (κ3) is 3.08. The van der Waals surface area contributed by atoms with Gasteiger partial charge in [0, 0.05) is 50.5 Å². The lowest BCUT2D eigenvalue weighted by Gasteiger charge is -2.35. The van der Waals surface area contributed by atoms with Gasteiger partial charge in [-0.3, -0.25) is 14.9 Å². The first-order chi connectivity index (χ1) is 13.4. The Bertz CT molecular complexity index is 1080. The molecule has 134 valence electrons. The van der Waals surface area contributed by atoms with Crippen molar-refractivity contribution >= 4 is 27.8 Å². The number of hydrogen-bond donors (Lipinski definition) is 0. The second-order valence-corrected chi connectivity index (χ2v) is 6.82. The van der Waals surface area contributed by atoms with Crippen LogP contribution >= 0.6 is 0 Å². The number of nitrogens with zero attached hydrogens (tertiary/aromatic N) is 6. The lowest BCUT2D eigenvalue weighted by molar-refractivity contribution is 0.250. The van der Waals surface area contributed by atoms with Crippen LogP contribution in [-0.2, 0) is 6.54 Å². The Balaban J connectivity index is 1.33. The van der Waals surface area contributed by atoms with Crippen molar-refractivity contribution in [1.82, 2.24) is 24.8 Å². The van der Waals surface area contributed by atoms with Gasteiger partial charge in [-0.15, -0.1) is 0 Å². The minimum absolute atomic E-state index is 0.897. The summed E-state index contributed by atoms with van der Waals surface area (Å²) in [5.41, 5.74) is 4.20. The van der Waals surface area contributed by atoms with Crippen molar-refractivity contribution in [2.75, 3.05) is 31.1 Å². The number of piperazine rings is 1. The second kappa shape index (κ2) is 6.89. The highest BCUT2D eigenvalue weighted by Crippen LogP contribution is 2.24. The fourth-order valence-electron chi connectivity index (χ4n) is 3.78. The standard InChI is InChI=1S/C21H20N6/c1-2-6-18-17(5-1)21(25-15-24-18)27-12-10-26(11-13-27)14-16-4-3-7-19-20(16)23-9-8-22-19/h1-9,15H,10-14H2. The van der Waals surface area contributed by atoms with Crippen LogP contribution in [0, 0.1) is 0 Å². The molecule has 0 bridgehead atoms. The summed E-state index contributed by atoms with van der Waals surface area (Å²) in [5.74, 6) is 1.04. The molecule has 1 fully saturated rings. The Labute approximate surface area is 157 Å². The van der Waals surface area contributed by atoms with Crippen molar-refractivity contribution in [3.8, 4) is 0 Å². The summed E-state index contributed by atoms with van der Waals surface area (Å²) < 4.78 is 0. The Morgan fingerprint density at radius 3 is 2.48 bits per heavy atom. The van der Waals surface area contributed by atoms with Gasteiger partial charge in [-0.25, -0.2) is 9.97 Å². The van der Waals surface area contributed by atoms with Crippen molar-refractivity contribution in [3.63, 3.8) is 0 Å². The van der Waals surface area contributed by atoms with E-state index in [1.807, 2.05) is 24.3 Å². The molecule has 1 saturated heterocycles. The Hall–Kier alpha value is -3.12. The number of aromatic nitrogens is 4. The normalized spacial score (nSPS) is 15.5.